The van der Waals surface area contributed by atoms with Crippen LogP contribution in [0.2, 0.25) is 0 Å². The lowest BCUT2D eigenvalue weighted by Crippen LogP contribution is -2.39. The Hall–Kier alpha value is -4.36. The van der Waals surface area contributed by atoms with Crippen LogP contribution in [0.15, 0.2) is 54.7 Å². The van der Waals surface area contributed by atoms with E-state index in [2.05, 4.69) is 26.6 Å². The molecule has 0 atom stereocenters. The number of fused-ring (bicyclic) bond motifs is 1. The van der Waals surface area contributed by atoms with E-state index in [9.17, 15) is 13.2 Å². The number of primary amides is 1. The first kappa shape index (κ1) is 29.1. The number of hydrogen-bond donors (Lipinski definition) is 3. The fourth-order valence-electron chi connectivity index (χ4n) is 5.22. The van der Waals surface area contributed by atoms with Crippen molar-refractivity contribution in [2.75, 3.05) is 56.6 Å². The monoisotopic (exact) mass is 593 g/mol. The largest absolute Gasteiger partial charge is 0.497 e. The van der Waals surface area contributed by atoms with E-state index < -0.39 is 9.84 Å². The molecule has 0 spiro atoms. The van der Waals surface area contributed by atoms with Crippen LogP contribution in [0.3, 0.4) is 0 Å². The van der Waals surface area contributed by atoms with Crippen LogP contribution in [0.4, 0.5) is 17.3 Å². The van der Waals surface area contributed by atoms with E-state index in [0.29, 0.717) is 35.6 Å². The number of benzene rings is 2. The minimum atomic E-state index is -3.25. The van der Waals surface area contributed by atoms with Crippen molar-refractivity contribution < 1.29 is 22.7 Å². The number of carbonyl (C=O) groups excluding carboxylic acids is 1. The molecule has 0 radical (unpaired) electrons. The highest BCUT2D eigenvalue weighted by Gasteiger charge is 2.23. The third-order valence-electron chi connectivity index (χ3n) is 7.34. The highest BCUT2D eigenvalue weighted by molar-refractivity contribution is 7.90. The maximum atomic E-state index is 11.8. The first-order valence-electron chi connectivity index (χ1n) is 13.5. The van der Waals surface area contributed by atoms with Crippen LogP contribution >= 0.6 is 0 Å². The first-order valence-corrected chi connectivity index (χ1v) is 15.6. The summed E-state index contributed by atoms with van der Waals surface area (Å²) < 4.78 is 36.5. The van der Waals surface area contributed by atoms with Crippen molar-refractivity contribution in [3.63, 3.8) is 0 Å². The number of sulfone groups is 1. The van der Waals surface area contributed by atoms with Gasteiger partial charge in [-0.15, -0.1) is 5.10 Å². The zero-order valence-electron chi connectivity index (χ0n) is 23.8. The second-order valence-corrected chi connectivity index (χ2v) is 12.5. The summed E-state index contributed by atoms with van der Waals surface area (Å²) in [5.41, 5.74) is 10.1. The molecule has 0 unspecified atom stereocenters. The summed E-state index contributed by atoms with van der Waals surface area (Å²) in [5.74, 6) is 1.51. The Kier molecular flexibility index (Phi) is 8.50. The quantitative estimate of drug-likeness (QED) is 0.236. The third kappa shape index (κ3) is 6.74. The Morgan fingerprint density at radius 3 is 2.50 bits per heavy atom. The topological polar surface area (TPSA) is 153 Å². The van der Waals surface area contributed by atoms with Gasteiger partial charge in [-0.25, -0.2) is 17.9 Å². The zero-order valence-corrected chi connectivity index (χ0v) is 24.6. The van der Waals surface area contributed by atoms with Gasteiger partial charge < -0.3 is 25.8 Å². The van der Waals surface area contributed by atoms with E-state index >= 15 is 0 Å². The smallest absolute Gasteiger partial charge is 0.245 e. The van der Waals surface area contributed by atoms with Crippen LogP contribution in [0.1, 0.15) is 24.3 Å². The van der Waals surface area contributed by atoms with E-state index in [4.69, 9.17) is 20.3 Å². The second kappa shape index (κ2) is 12.2. The molecule has 5 rings (SSSR count). The molecule has 1 amide bonds. The normalized spacial score (nSPS) is 14.5. The van der Waals surface area contributed by atoms with Crippen molar-refractivity contribution in [3.05, 3.63) is 60.3 Å². The SMILES string of the molecule is COc1ccc(NCS(C)(=O)=O)c(-c2ccc3cnc(Nc4ccc(C5CCN(CC(N)=O)CC5)cc4OC)nn23)c1. The van der Waals surface area contributed by atoms with E-state index in [0.717, 1.165) is 48.4 Å². The van der Waals surface area contributed by atoms with Gasteiger partial charge in [0.2, 0.25) is 11.9 Å². The Morgan fingerprint density at radius 2 is 1.81 bits per heavy atom. The van der Waals surface area contributed by atoms with Crippen molar-refractivity contribution in [2.24, 2.45) is 5.73 Å². The summed E-state index contributed by atoms with van der Waals surface area (Å²) in [6.07, 6.45) is 4.76. The number of amides is 1. The Labute approximate surface area is 244 Å². The van der Waals surface area contributed by atoms with Crippen LogP contribution in [0.5, 0.6) is 11.5 Å². The molecule has 1 aliphatic rings. The van der Waals surface area contributed by atoms with Gasteiger partial charge in [-0.05, 0) is 79.9 Å². The standard InChI is InChI=1S/C29H35N7O5S/c1-40-22-6-8-24(32-18-42(3,38)39)23(15-22)26-9-5-21-16-31-29(34-36(21)26)33-25-7-4-20(14-27(25)41-2)19-10-12-35(13-11-19)17-28(30)37/h4-9,14-16,19,32H,10-13,17-18H2,1-3H3,(H2,30,37)(H,33,34). The molecule has 4 aromatic rings. The number of anilines is 3. The Bertz CT molecular complexity index is 1700. The van der Waals surface area contributed by atoms with Crippen molar-refractivity contribution in [1.29, 1.82) is 0 Å². The number of methoxy groups -OCH3 is 2. The van der Waals surface area contributed by atoms with Gasteiger partial charge >= 0.3 is 0 Å². The number of nitrogens with one attached hydrogen (secondary N) is 2. The fourth-order valence-corrected chi connectivity index (χ4v) is 5.64. The maximum absolute atomic E-state index is 11.8. The van der Waals surface area contributed by atoms with Crippen LogP contribution in [0.25, 0.3) is 16.8 Å². The van der Waals surface area contributed by atoms with E-state index in [1.54, 1.807) is 37.1 Å². The third-order valence-corrected chi connectivity index (χ3v) is 8.01. The average Bonchev–Trinajstić information content (AvgIpc) is 3.39. The van der Waals surface area contributed by atoms with Crippen molar-refractivity contribution in [3.8, 4) is 22.8 Å². The molecule has 0 saturated carbocycles. The molecule has 3 heterocycles. The number of nitrogens with zero attached hydrogens (tertiary/aromatic N) is 4. The lowest BCUT2D eigenvalue weighted by molar-refractivity contribution is -0.119. The predicted molar refractivity (Wildman–Crippen MR) is 162 cm³/mol. The number of piperidine rings is 1. The molecule has 42 heavy (non-hydrogen) atoms. The Balaban J connectivity index is 1.40. The van der Waals surface area contributed by atoms with Gasteiger partial charge in [-0.1, -0.05) is 6.07 Å². The first-order chi connectivity index (χ1) is 20.1. The van der Waals surface area contributed by atoms with Crippen LogP contribution < -0.4 is 25.8 Å². The minimum absolute atomic E-state index is 0.209. The van der Waals surface area contributed by atoms with Crippen LogP contribution in [0, 0.1) is 0 Å². The minimum Gasteiger partial charge on any atom is -0.497 e. The average molecular weight is 594 g/mol. The van der Waals surface area contributed by atoms with Crippen LogP contribution in [-0.2, 0) is 14.6 Å². The summed E-state index contributed by atoms with van der Waals surface area (Å²) in [6.45, 7) is 1.94. The van der Waals surface area contributed by atoms with E-state index in [1.165, 1.54) is 11.8 Å². The van der Waals surface area contributed by atoms with E-state index in [1.807, 2.05) is 30.3 Å². The molecule has 13 heteroatoms. The summed E-state index contributed by atoms with van der Waals surface area (Å²) >= 11 is 0. The van der Waals surface area contributed by atoms with Gasteiger partial charge in [0.1, 0.15) is 17.4 Å². The maximum Gasteiger partial charge on any atom is 0.245 e. The van der Waals surface area contributed by atoms with Crippen molar-refractivity contribution in [1.82, 2.24) is 19.5 Å². The molecular weight excluding hydrogens is 558 g/mol. The van der Waals surface area contributed by atoms with Crippen LogP contribution in [-0.4, -0.2) is 79.8 Å². The molecule has 1 saturated heterocycles. The molecule has 1 aliphatic heterocycles. The lowest BCUT2D eigenvalue weighted by Gasteiger charge is -2.31. The van der Waals surface area contributed by atoms with Gasteiger partial charge in [0, 0.05) is 17.5 Å². The lowest BCUT2D eigenvalue weighted by atomic mass is 9.89. The molecule has 2 aromatic heterocycles. The van der Waals surface area contributed by atoms with Gasteiger partial charge in [0.15, 0.2) is 9.84 Å². The molecule has 4 N–H and O–H groups in total. The number of aromatic nitrogens is 3. The van der Waals surface area contributed by atoms with Gasteiger partial charge in [-0.2, -0.15) is 0 Å². The highest BCUT2D eigenvalue weighted by Crippen LogP contribution is 2.36. The number of nitrogens with two attached hydrogens (primary N) is 1. The van der Waals surface area contributed by atoms with Gasteiger partial charge in [-0.3, -0.25) is 9.69 Å². The number of hydrogen-bond acceptors (Lipinski definition) is 10. The molecule has 222 valence electrons. The molecule has 0 bridgehead atoms. The number of likely N-dealkylation sites (tertiary alicyclic amines) is 1. The molecule has 12 nitrogen and oxygen atoms in total. The summed E-state index contributed by atoms with van der Waals surface area (Å²) in [6, 6.07) is 15.3. The number of rotatable bonds is 11. The second-order valence-electron chi connectivity index (χ2n) is 10.4. The molecule has 2 aromatic carbocycles. The van der Waals surface area contributed by atoms with Crippen molar-refractivity contribution in [2.45, 2.75) is 18.8 Å². The number of carbonyl (C=O) groups is 1. The zero-order chi connectivity index (χ0) is 29.9. The van der Waals surface area contributed by atoms with Crippen molar-refractivity contribution >= 4 is 38.6 Å². The van der Waals surface area contributed by atoms with Gasteiger partial charge in [0.25, 0.3) is 0 Å². The molecular formula is C29H35N7O5S. The fraction of sp³-hybridized carbons (Fsp3) is 0.345. The molecule has 0 aliphatic carbocycles. The van der Waals surface area contributed by atoms with E-state index in [-0.39, 0.29) is 11.8 Å². The summed E-state index contributed by atoms with van der Waals surface area (Å²) in [7, 11) is -0.0422. The molecule has 1 fully saturated rings. The Morgan fingerprint density at radius 1 is 1.05 bits per heavy atom. The summed E-state index contributed by atoms with van der Waals surface area (Å²) in [5, 5.41) is 11.0. The number of ether oxygens (including phenoxy) is 2. The predicted octanol–water partition coefficient (Wildman–Crippen LogP) is 3.24. The van der Waals surface area contributed by atoms with Gasteiger partial charge in [0.05, 0.1) is 43.9 Å². The summed E-state index contributed by atoms with van der Waals surface area (Å²) in [4.78, 5) is 17.8. The highest BCUT2D eigenvalue weighted by atomic mass is 32.2.